The van der Waals surface area contributed by atoms with Crippen LogP contribution in [0, 0.1) is 0 Å². The number of methoxy groups -OCH3 is 1. The van der Waals surface area contributed by atoms with Crippen LogP contribution in [-0.4, -0.2) is 32.4 Å². The molecular weight excluding hydrogens is 190 g/mol. The SMILES string of the molecule is COc1ccc(N(C)C)c(CC(C)O)c1. The second-order valence-electron chi connectivity index (χ2n) is 3.94. The zero-order valence-electron chi connectivity index (χ0n) is 9.82. The molecule has 0 saturated heterocycles. The van der Waals surface area contributed by atoms with Crippen LogP contribution in [0.5, 0.6) is 5.75 Å². The van der Waals surface area contributed by atoms with Gasteiger partial charge in [-0.05, 0) is 30.7 Å². The molecule has 84 valence electrons. The fourth-order valence-corrected chi connectivity index (χ4v) is 1.61. The van der Waals surface area contributed by atoms with Crippen LogP contribution >= 0.6 is 0 Å². The Labute approximate surface area is 91.3 Å². The van der Waals surface area contributed by atoms with Crippen LogP contribution < -0.4 is 9.64 Å². The van der Waals surface area contributed by atoms with E-state index in [1.165, 1.54) is 0 Å². The first-order chi connectivity index (χ1) is 7.04. The van der Waals surface area contributed by atoms with Crippen molar-refractivity contribution in [2.75, 3.05) is 26.1 Å². The predicted molar refractivity (Wildman–Crippen MR) is 62.7 cm³/mol. The van der Waals surface area contributed by atoms with Crippen LogP contribution in [0.25, 0.3) is 0 Å². The summed E-state index contributed by atoms with van der Waals surface area (Å²) >= 11 is 0. The zero-order chi connectivity index (χ0) is 11.4. The van der Waals surface area contributed by atoms with E-state index in [1.54, 1.807) is 14.0 Å². The molecule has 1 unspecified atom stereocenters. The van der Waals surface area contributed by atoms with E-state index in [0.29, 0.717) is 6.42 Å². The molecule has 0 fully saturated rings. The van der Waals surface area contributed by atoms with Crippen molar-refractivity contribution in [2.45, 2.75) is 19.4 Å². The summed E-state index contributed by atoms with van der Waals surface area (Å²) in [5, 5.41) is 9.42. The van der Waals surface area contributed by atoms with Gasteiger partial charge in [-0.3, -0.25) is 0 Å². The maximum absolute atomic E-state index is 9.42. The summed E-state index contributed by atoms with van der Waals surface area (Å²) in [4.78, 5) is 2.04. The second-order valence-corrected chi connectivity index (χ2v) is 3.94. The molecule has 0 bridgehead atoms. The molecule has 0 aliphatic rings. The van der Waals surface area contributed by atoms with E-state index in [1.807, 2.05) is 37.2 Å². The van der Waals surface area contributed by atoms with Crippen molar-refractivity contribution in [2.24, 2.45) is 0 Å². The third kappa shape index (κ3) is 3.13. The topological polar surface area (TPSA) is 32.7 Å². The van der Waals surface area contributed by atoms with E-state index in [2.05, 4.69) is 0 Å². The minimum absolute atomic E-state index is 0.337. The largest absolute Gasteiger partial charge is 0.497 e. The maximum Gasteiger partial charge on any atom is 0.119 e. The minimum atomic E-state index is -0.337. The van der Waals surface area contributed by atoms with Crippen LogP contribution in [-0.2, 0) is 6.42 Å². The molecule has 0 spiro atoms. The minimum Gasteiger partial charge on any atom is -0.497 e. The highest BCUT2D eigenvalue weighted by Crippen LogP contribution is 2.25. The Bertz CT molecular complexity index is 321. The Balaban J connectivity index is 3.05. The fraction of sp³-hybridized carbons (Fsp3) is 0.500. The number of hydrogen-bond donors (Lipinski definition) is 1. The lowest BCUT2D eigenvalue weighted by Crippen LogP contribution is -2.14. The quantitative estimate of drug-likeness (QED) is 0.819. The third-order valence-electron chi connectivity index (χ3n) is 2.28. The highest BCUT2D eigenvalue weighted by Gasteiger charge is 2.08. The molecule has 15 heavy (non-hydrogen) atoms. The number of hydrogen-bond acceptors (Lipinski definition) is 3. The number of benzene rings is 1. The highest BCUT2D eigenvalue weighted by molar-refractivity contribution is 5.55. The van der Waals surface area contributed by atoms with Crippen molar-refractivity contribution in [3.63, 3.8) is 0 Å². The van der Waals surface area contributed by atoms with Gasteiger partial charge in [-0.25, -0.2) is 0 Å². The molecule has 3 heteroatoms. The predicted octanol–water partition coefficient (Wildman–Crippen LogP) is 1.68. The summed E-state index contributed by atoms with van der Waals surface area (Å²) < 4.78 is 5.17. The Morgan fingerprint density at radius 3 is 2.53 bits per heavy atom. The molecule has 1 rings (SSSR count). The van der Waals surface area contributed by atoms with Crippen molar-refractivity contribution in [3.8, 4) is 5.75 Å². The number of aliphatic hydroxyl groups is 1. The molecule has 0 amide bonds. The van der Waals surface area contributed by atoms with Crippen LogP contribution in [0.3, 0.4) is 0 Å². The first kappa shape index (κ1) is 11.9. The van der Waals surface area contributed by atoms with E-state index in [9.17, 15) is 5.11 Å². The van der Waals surface area contributed by atoms with Crippen molar-refractivity contribution in [3.05, 3.63) is 23.8 Å². The van der Waals surface area contributed by atoms with Crippen LogP contribution in [0.15, 0.2) is 18.2 Å². The van der Waals surface area contributed by atoms with Gasteiger partial charge in [0.15, 0.2) is 0 Å². The van der Waals surface area contributed by atoms with Crippen molar-refractivity contribution in [1.82, 2.24) is 0 Å². The van der Waals surface area contributed by atoms with Crippen molar-refractivity contribution in [1.29, 1.82) is 0 Å². The lowest BCUT2D eigenvalue weighted by atomic mass is 10.1. The first-order valence-corrected chi connectivity index (χ1v) is 5.07. The second kappa shape index (κ2) is 5.03. The van der Waals surface area contributed by atoms with Crippen LogP contribution in [0.4, 0.5) is 5.69 Å². The summed E-state index contributed by atoms with van der Waals surface area (Å²) in [6.07, 6.45) is 0.306. The molecule has 0 radical (unpaired) electrons. The van der Waals surface area contributed by atoms with E-state index in [-0.39, 0.29) is 6.10 Å². The molecule has 0 aliphatic heterocycles. The van der Waals surface area contributed by atoms with Gasteiger partial charge in [0.2, 0.25) is 0 Å². The zero-order valence-corrected chi connectivity index (χ0v) is 9.82. The van der Waals surface area contributed by atoms with E-state index < -0.39 is 0 Å². The monoisotopic (exact) mass is 209 g/mol. The summed E-state index contributed by atoms with van der Waals surface area (Å²) in [5.74, 6) is 0.830. The summed E-state index contributed by atoms with van der Waals surface area (Å²) in [6.45, 7) is 1.79. The van der Waals surface area contributed by atoms with Crippen molar-refractivity contribution >= 4 is 5.69 Å². The normalized spacial score (nSPS) is 12.3. The van der Waals surface area contributed by atoms with Gasteiger partial charge in [-0.15, -0.1) is 0 Å². The van der Waals surface area contributed by atoms with Gasteiger partial charge in [-0.1, -0.05) is 0 Å². The molecule has 1 N–H and O–H groups in total. The van der Waals surface area contributed by atoms with Crippen molar-refractivity contribution < 1.29 is 9.84 Å². The van der Waals surface area contributed by atoms with Gasteiger partial charge in [0.25, 0.3) is 0 Å². The Kier molecular flexibility index (Phi) is 3.97. The molecule has 0 saturated carbocycles. The average Bonchev–Trinajstić information content (AvgIpc) is 2.16. The molecule has 0 aromatic heterocycles. The summed E-state index contributed by atoms with van der Waals surface area (Å²) in [7, 11) is 5.64. The smallest absolute Gasteiger partial charge is 0.119 e. The number of ether oxygens (including phenoxy) is 1. The van der Waals surface area contributed by atoms with E-state index >= 15 is 0 Å². The third-order valence-corrected chi connectivity index (χ3v) is 2.28. The van der Waals surface area contributed by atoms with E-state index in [0.717, 1.165) is 17.0 Å². The van der Waals surface area contributed by atoms with Gasteiger partial charge in [0.05, 0.1) is 13.2 Å². The summed E-state index contributed by atoms with van der Waals surface area (Å²) in [5.41, 5.74) is 2.23. The standard InChI is InChI=1S/C12H19NO2/c1-9(14)7-10-8-11(15-4)5-6-12(10)13(2)3/h5-6,8-9,14H,7H2,1-4H3. The molecule has 0 heterocycles. The molecule has 0 aliphatic carbocycles. The molecule has 1 atom stereocenters. The maximum atomic E-state index is 9.42. The van der Waals surface area contributed by atoms with E-state index in [4.69, 9.17) is 4.74 Å². The molecule has 3 nitrogen and oxygen atoms in total. The highest BCUT2D eigenvalue weighted by atomic mass is 16.5. The van der Waals surface area contributed by atoms with Gasteiger partial charge >= 0.3 is 0 Å². The summed E-state index contributed by atoms with van der Waals surface area (Å²) in [6, 6.07) is 5.92. The average molecular weight is 209 g/mol. The van der Waals surface area contributed by atoms with Crippen LogP contribution in [0.2, 0.25) is 0 Å². The first-order valence-electron chi connectivity index (χ1n) is 5.07. The van der Waals surface area contributed by atoms with Gasteiger partial charge in [0.1, 0.15) is 5.75 Å². The Morgan fingerprint density at radius 1 is 1.40 bits per heavy atom. The lowest BCUT2D eigenvalue weighted by Gasteiger charge is -2.19. The fourth-order valence-electron chi connectivity index (χ4n) is 1.61. The lowest BCUT2D eigenvalue weighted by molar-refractivity contribution is 0.195. The molecular formula is C12H19NO2. The molecule has 1 aromatic rings. The van der Waals surface area contributed by atoms with Gasteiger partial charge in [-0.2, -0.15) is 0 Å². The van der Waals surface area contributed by atoms with Crippen LogP contribution in [0.1, 0.15) is 12.5 Å². The Hall–Kier alpha value is -1.22. The number of anilines is 1. The Morgan fingerprint density at radius 2 is 2.07 bits per heavy atom. The van der Waals surface area contributed by atoms with Gasteiger partial charge < -0.3 is 14.7 Å². The molecule has 1 aromatic carbocycles. The van der Waals surface area contributed by atoms with Gasteiger partial charge in [0, 0.05) is 26.2 Å². The number of rotatable bonds is 4. The number of nitrogens with zero attached hydrogens (tertiary/aromatic N) is 1. The number of aliphatic hydroxyl groups excluding tert-OH is 1.